The van der Waals surface area contributed by atoms with Crippen LogP contribution in [0, 0.1) is 11.8 Å². The number of carbonyl (C=O) groups is 2. The van der Waals surface area contributed by atoms with Crippen LogP contribution in [0.2, 0.25) is 0 Å². The standard InChI is InChI=1S/C14H17NO3/c15-13(16)11-6-7-12(8-11)14(17)18-9-10-4-2-1-3-5-10/h1-5,11-12H,6-9H2,(H2,15,16)/t11-,12+/m0/s1. The van der Waals surface area contributed by atoms with E-state index >= 15 is 0 Å². The zero-order valence-corrected chi connectivity index (χ0v) is 10.2. The van der Waals surface area contributed by atoms with Crippen molar-refractivity contribution < 1.29 is 14.3 Å². The van der Waals surface area contributed by atoms with E-state index in [2.05, 4.69) is 0 Å². The molecule has 0 spiro atoms. The Morgan fingerprint density at radius 2 is 1.83 bits per heavy atom. The summed E-state index contributed by atoms with van der Waals surface area (Å²) in [5.41, 5.74) is 6.20. The first-order chi connectivity index (χ1) is 8.66. The van der Waals surface area contributed by atoms with E-state index in [-0.39, 0.29) is 30.3 Å². The van der Waals surface area contributed by atoms with E-state index < -0.39 is 0 Å². The normalized spacial score (nSPS) is 22.7. The summed E-state index contributed by atoms with van der Waals surface area (Å²) in [4.78, 5) is 22.8. The first-order valence-corrected chi connectivity index (χ1v) is 6.16. The van der Waals surface area contributed by atoms with E-state index in [1.54, 1.807) is 0 Å². The maximum atomic E-state index is 11.8. The summed E-state index contributed by atoms with van der Waals surface area (Å²) in [6.07, 6.45) is 1.92. The highest BCUT2D eigenvalue weighted by atomic mass is 16.5. The Hall–Kier alpha value is -1.84. The largest absolute Gasteiger partial charge is 0.461 e. The third-order valence-electron chi connectivity index (χ3n) is 3.39. The number of esters is 1. The Balaban J connectivity index is 1.81. The highest BCUT2D eigenvalue weighted by molar-refractivity contribution is 5.79. The summed E-state index contributed by atoms with van der Waals surface area (Å²) < 4.78 is 5.25. The zero-order valence-electron chi connectivity index (χ0n) is 10.2. The second-order valence-corrected chi connectivity index (χ2v) is 4.70. The molecule has 0 saturated heterocycles. The van der Waals surface area contributed by atoms with Crippen molar-refractivity contribution in [1.82, 2.24) is 0 Å². The van der Waals surface area contributed by atoms with Gasteiger partial charge in [-0.3, -0.25) is 9.59 Å². The van der Waals surface area contributed by atoms with Crippen LogP contribution in [0.15, 0.2) is 30.3 Å². The SMILES string of the molecule is NC(=O)[C@H]1CC[C@@H](C(=O)OCc2ccccc2)C1. The Morgan fingerprint density at radius 3 is 2.44 bits per heavy atom. The lowest BCUT2D eigenvalue weighted by molar-refractivity contribution is -0.149. The van der Waals surface area contributed by atoms with Crippen molar-refractivity contribution in [2.45, 2.75) is 25.9 Å². The number of hydrogen-bond acceptors (Lipinski definition) is 3. The third-order valence-corrected chi connectivity index (χ3v) is 3.39. The quantitative estimate of drug-likeness (QED) is 0.822. The highest BCUT2D eigenvalue weighted by Crippen LogP contribution is 2.31. The smallest absolute Gasteiger partial charge is 0.309 e. The molecule has 2 atom stereocenters. The molecule has 2 rings (SSSR count). The Bertz CT molecular complexity index is 430. The molecule has 1 amide bonds. The lowest BCUT2D eigenvalue weighted by atomic mass is 10.0. The van der Waals surface area contributed by atoms with Gasteiger partial charge in [-0.15, -0.1) is 0 Å². The minimum atomic E-state index is -0.312. The fraction of sp³-hybridized carbons (Fsp3) is 0.429. The van der Waals surface area contributed by atoms with Crippen molar-refractivity contribution in [2.24, 2.45) is 17.6 Å². The molecular formula is C14H17NO3. The fourth-order valence-corrected chi connectivity index (χ4v) is 2.30. The monoisotopic (exact) mass is 247 g/mol. The van der Waals surface area contributed by atoms with Gasteiger partial charge in [0.1, 0.15) is 6.61 Å². The van der Waals surface area contributed by atoms with Crippen LogP contribution < -0.4 is 5.73 Å². The van der Waals surface area contributed by atoms with Crippen molar-refractivity contribution in [3.63, 3.8) is 0 Å². The minimum absolute atomic E-state index is 0.167. The van der Waals surface area contributed by atoms with Crippen LogP contribution in [0.5, 0.6) is 0 Å². The van der Waals surface area contributed by atoms with Gasteiger partial charge in [0.25, 0.3) is 0 Å². The molecule has 1 aliphatic rings. The van der Waals surface area contributed by atoms with Gasteiger partial charge >= 0.3 is 5.97 Å². The molecule has 0 unspecified atom stereocenters. The zero-order chi connectivity index (χ0) is 13.0. The number of carbonyl (C=O) groups excluding carboxylic acids is 2. The first kappa shape index (κ1) is 12.6. The molecule has 0 radical (unpaired) electrons. The molecule has 1 aromatic carbocycles. The average molecular weight is 247 g/mol. The summed E-state index contributed by atoms with van der Waals surface area (Å²) in [5.74, 6) is -0.874. The van der Waals surface area contributed by atoms with E-state index in [0.29, 0.717) is 19.3 Å². The number of rotatable bonds is 4. The molecule has 0 heterocycles. The lowest BCUT2D eigenvalue weighted by Crippen LogP contribution is -2.22. The summed E-state index contributed by atoms with van der Waals surface area (Å²) in [6.45, 7) is 0.289. The molecule has 2 N–H and O–H groups in total. The molecule has 4 heteroatoms. The predicted octanol–water partition coefficient (Wildman–Crippen LogP) is 1.63. The van der Waals surface area contributed by atoms with Crippen molar-refractivity contribution in [3.05, 3.63) is 35.9 Å². The third kappa shape index (κ3) is 3.09. The van der Waals surface area contributed by atoms with E-state index in [1.807, 2.05) is 30.3 Å². The highest BCUT2D eigenvalue weighted by Gasteiger charge is 2.33. The molecule has 1 saturated carbocycles. The number of hydrogen-bond donors (Lipinski definition) is 1. The van der Waals surface area contributed by atoms with Gasteiger partial charge in [-0.2, -0.15) is 0 Å². The topological polar surface area (TPSA) is 69.4 Å². The average Bonchev–Trinajstić information content (AvgIpc) is 2.87. The van der Waals surface area contributed by atoms with E-state index in [4.69, 9.17) is 10.5 Å². The number of primary amides is 1. The summed E-state index contributed by atoms with van der Waals surface area (Å²) >= 11 is 0. The summed E-state index contributed by atoms with van der Waals surface area (Å²) in [5, 5.41) is 0. The second-order valence-electron chi connectivity index (χ2n) is 4.70. The van der Waals surface area contributed by atoms with Crippen LogP contribution in [0.1, 0.15) is 24.8 Å². The van der Waals surface area contributed by atoms with Gasteiger partial charge in [-0.05, 0) is 24.8 Å². The predicted molar refractivity (Wildman–Crippen MR) is 66.3 cm³/mol. The van der Waals surface area contributed by atoms with Gasteiger partial charge in [0.15, 0.2) is 0 Å². The molecule has 4 nitrogen and oxygen atoms in total. The van der Waals surface area contributed by atoms with Crippen LogP contribution in [-0.4, -0.2) is 11.9 Å². The number of nitrogens with two attached hydrogens (primary N) is 1. The first-order valence-electron chi connectivity index (χ1n) is 6.16. The summed E-state index contributed by atoms with van der Waals surface area (Å²) in [7, 11) is 0. The van der Waals surface area contributed by atoms with Crippen LogP contribution in [0.25, 0.3) is 0 Å². The van der Waals surface area contributed by atoms with Gasteiger partial charge in [-0.1, -0.05) is 30.3 Å². The molecule has 1 aliphatic carbocycles. The molecule has 1 aromatic rings. The Morgan fingerprint density at radius 1 is 1.17 bits per heavy atom. The molecule has 0 aromatic heterocycles. The van der Waals surface area contributed by atoms with Gasteiger partial charge in [0.05, 0.1) is 5.92 Å². The van der Waals surface area contributed by atoms with E-state index in [9.17, 15) is 9.59 Å². The molecule has 1 fully saturated rings. The van der Waals surface area contributed by atoms with Crippen LogP contribution in [0.3, 0.4) is 0 Å². The van der Waals surface area contributed by atoms with Gasteiger partial charge in [0, 0.05) is 5.92 Å². The van der Waals surface area contributed by atoms with Crippen molar-refractivity contribution in [3.8, 4) is 0 Å². The van der Waals surface area contributed by atoms with Crippen molar-refractivity contribution >= 4 is 11.9 Å². The van der Waals surface area contributed by atoms with Gasteiger partial charge in [0.2, 0.25) is 5.91 Å². The van der Waals surface area contributed by atoms with Gasteiger partial charge in [-0.25, -0.2) is 0 Å². The van der Waals surface area contributed by atoms with E-state index in [0.717, 1.165) is 5.56 Å². The number of amides is 1. The van der Waals surface area contributed by atoms with Crippen molar-refractivity contribution in [1.29, 1.82) is 0 Å². The van der Waals surface area contributed by atoms with E-state index in [1.165, 1.54) is 0 Å². The van der Waals surface area contributed by atoms with Crippen LogP contribution in [-0.2, 0) is 20.9 Å². The molecular weight excluding hydrogens is 230 g/mol. The maximum absolute atomic E-state index is 11.8. The van der Waals surface area contributed by atoms with Gasteiger partial charge < -0.3 is 10.5 Å². The lowest BCUT2D eigenvalue weighted by Gasteiger charge is -2.10. The minimum Gasteiger partial charge on any atom is -0.461 e. The maximum Gasteiger partial charge on any atom is 0.309 e. The van der Waals surface area contributed by atoms with Crippen LogP contribution in [0.4, 0.5) is 0 Å². The second kappa shape index (κ2) is 5.67. The molecule has 18 heavy (non-hydrogen) atoms. The Labute approximate surface area is 106 Å². The fourth-order valence-electron chi connectivity index (χ4n) is 2.30. The molecule has 0 bridgehead atoms. The van der Waals surface area contributed by atoms with Crippen molar-refractivity contribution in [2.75, 3.05) is 0 Å². The number of ether oxygens (including phenoxy) is 1. The summed E-state index contributed by atoms with van der Waals surface area (Å²) in [6, 6.07) is 9.55. The van der Waals surface area contributed by atoms with Crippen LogP contribution >= 0.6 is 0 Å². The Kier molecular flexibility index (Phi) is 3.97. The molecule has 96 valence electrons. The number of benzene rings is 1. The molecule has 0 aliphatic heterocycles.